The predicted molar refractivity (Wildman–Crippen MR) is 93.2 cm³/mol. The van der Waals surface area contributed by atoms with E-state index < -0.39 is 0 Å². The number of ether oxygens (including phenoxy) is 1. The summed E-state index contributed by atoms with van der Waals surface area (Å²) in [5.41, 5.74) is 0.948. The highest BCUT2D eigenvalue weighted by Crippen LogP contribution is 2.27. The van der Waals surface area contributed by atoms with Crippen molar-refractivity contribution in [1.29, 1.82) is 0 Å². The first kappa shape index (κ1) is 16.6. The lowest BCUT2D eigenvalue weighted by atomic mass is 9.89. The van der Waals surface area contributed by atoms with Crippen LogP contribution in [0.1, 0.15) is 31.2 Å². The number of carbonyl (C=O) groups excluding carboxylic acids is 1. The van der Waals surface area contributed by atoms with Gasteiger partial charge in [-0.1, -0.05) is 6.07 Å². The van der Waals surface area contributed by atoms with Gasteiger partial charge in [0.15, 0.2) is 0 Å². The van der Waals surface area contributed by atoms with E-state index in [1.165, 1.54) is 25.0 Å². The topological polar surface area (TPSA) is 53.6 Å². The van der Waals surface area contributed by atoms with Gasteiger partial charge < -0.3 is 20.3 Å². The minimum atomic E-state index is -0.291. The van der Waals surface area contributed by atoms with Crippen molar-refractivity contribution in [2.24, 2.45) is 5.92 Å². The van der Waals surface area contributed by atoms with Crippen LogP contribution < -0.4 is 15.4 Å². The molecule has 0 spiro atoms. The van der Waals surface area contributed by atoms with Crippen LogP contribution in [-0.4, -0.2) is 49.3 Å². The van der Waals surface area contributed by atoms with E-state index in [0.29, 0.717) is 30.7 Å². The van der Waals surface area contributed by atoms with Gasteiger partial charge in [-0.3, -0.25) is 0 Å². The van der Waals surface area contributed by atoms with Gasteiger partial charge in [0.1, 0.15) is 18.2 Å². The Hall–Kier alpha value is -1.82. The number of likely N-dealkylation sites (tertiary alicyclic amines) is 1. The minimum absolute atomic E-state index is 0.00278. The number of amides is 2. The summed E-state index contributed by atoms with van der Waals surface area (Å²) in [6, 6.07) is 5.18. The van der Waals surface area contributed by atoms with Gasteiger partial charge in [0, 0.05) is 25.2 Å². The zero-order valence-corrected chi connectivity index (χ0v) is 14.5. The van der Waals surface area contributed by atoms with Crippen LogP contribution in [0.2, 0.25) is 0 Å². The summed E-state index contributed by atoms with van der Waals surface area (Å²) in [5.74, 6) is 1.00. The summed E-state index contributed by atoms with van der Waals surface area (Å²) in [5, 5.41) is 6.67. The molecule has 1 aromatic rings. The maximum atomic E-state index is 13.2. The number of urea groups is 1. The number of hydrogen-bond donors (Lipinski definition) is 2. The summed E-state index contributed by atoms with van der Waals surface area (Å²) in [7, 11) is 0. The lowest BCUT2D eigenvalue weighted by Gasteiger charge is -2.36. The van der Waals surface area contributed by atoms with Crippen LogP contribution in [0, 0.1) is 11.7 Å². The molecule has 3 aliphatic rings. The van der Waals surface area contributed by atoms with Crippen molar-refractivity contribution in [3.8, 4) is 5.75 Å². The standard InChI is InChI=1S/C19H26FN3O2/c20-15-4-3-14-10-16(12-25-18(14)11-15)22-19(24)23-8-5-13(6-9-23)17-2-1-7-21-17/h3-4,11,13,16-17,21H,1-2,5-10,12H2,(H,22,24). The second-order valence-electron chi connectivity index (χ2n) is 7.44. The second-order valence-corrected chi connectivity index (χ2v) is 7.44. The molecule has 0 saturated carbocycles. The van der Waals surface area contributed by atoms with E-state index in [0.717, 1.165) is 38.0 Å². The second kappa shape index (κ2) is 7.20. The molecule has 2 saturated heterocycles. The molecule has 3 aliphatic heterocycles. The number of nitrogens with one attached hydrogen (secondary N) is 2. The van der Waals surface area contributed by atoms with E-state index in [4.69, 9.17) is 4.74 Å². The average molecular weight is 347 g/mol. The Balaban J connectivity index is 1.27. The molecule has 3 heterocycles. The molecular weight excluding hydrogens is 321 g/mol. The molecule has 2 unspecified atom stereocenters. The number of halogens is 1. The smallest absolute Gasteiger partial charge is 0.317 e. The predicted octanol–water partition coefficient (Wildman–Crippen LogP) is 2.30. The van der Waals surface area contributed by atoms with E-state index in [1.807, 2.05) is 4.90 Å². The third-order valence-electron chi connectivity index (χ3n) is 5.76. The average Bonchev–Trinajstić information content (AvgIpc) is 3.17. The summed E-state index contributed by atoms with van der Waals surface area (Å²) in [6.07, 6.45) is 5.39. The van der Waals surface area contributed by atoms with Gasteiger partial charge in [-0.05, 0) is 56.2 Å². The molecule has 0 radical (unpaired) electrons. The molecule has 0 aliphatic carbocycles. The number of hydrogen-bond acceptors (Lipinski definition) is 3. The molecule has 0 aromatic heterocycles. The zero-order valence-electron chi connectivity index (χ0n) is 14.5. The number of carbonyl (C=O) groups is 1. The molecule has 2 fully saturated rings. The molecule has 4 rings (SSSR count). The van der Waals surface area contributed by atoms with Crippen LogP contribution in [0.3, 0.4) is 0 Å². The van der Waals surface area contributed by atoms with Gasteiger partial charge in [0.05, 0.1) is 6.04 Å². The summed E-state index contributed by atoms with van der Waals surface area (Å²) in [4.78, 5) is 14.5. The lowest BCUT2D eigenvalue weighted by Crippen LogP contribution is -2.52. The fourth-order valence-electron chi connectivity index (χ4n) is 4.32. The lowest BCUT2D eigenvalue weighted by molar-refractivity contribution is 0.150. The maximum Gasteiger partial charge on any atom is 0.317 e. The van der Waals surface area contributed by atoms with Crippen molar-refractivity contribution in [1.82, 2.24) is 15.5 Å². The Bertz CT molecular complexity index is 625. The van der Waals surface area contributed by atoms with Gasteiger partial charge in [-0.15, -0.1) is 0 Å². The van der Waals surface area contributed by atoms with Crippen molar-refractivity contribution in [3.05, 3.63) is 29.6 Å². The molecule has 1 aromatic carbocycles. The van der Waals surface area contributed by atoms with Gasteiger partial charge in [0.25, 0.3) is 0 Å². The van der Waals surface area contributed by atoms with Crippen molar-refractivity contribution in [2.45, 2.75) is 44.2 Å². The Labute approximate surface area is 147 Å². The van der Waals surface area contributed by atoms with Gasteiger partial charge in [-0.2, -0.15) is 0 Å². The molecule has 6 heteroatoms. The number of piperidine rings is 1. The molecule has 5 nitrogen and oxygen atoms in total. The Kier molecular flexibility index (Phi) is 4.79. The summed E-state index contributed by atoms with van der Waals surface area (Å²) < 4.78 is 18.8. The normalized spacial score (nSPS) is 26.8. The quantitative estimate of drug-likeness (QED) is 0.863. The summed E-state index contributed by atoms with van der Waals surface area (Å²) in [6.45, 7) is 3.18. The van der Waals surface area contributed by atoms with Crippen molar-refractivity contribution >= 4 is 6.03 Å². The van der Waals surface area contributed by atoms with Crippen molar-refractivity contribution in [3.63, 3.8) is 0 Å². The van der Waals surface area contributed by atoms with Gasteiger partial charge in [-0.25, -0.2) is 9.18 Å². The number of nitrogens with zero attached hydrogens (tertiary/aromatic N) is 1. The van der Waals surface area contributed by atoms with E-state index >= 15 is 0 Å². The fourth-order valence-corrected chi connectivity index (χ4v) is 4.32. The minimum Gasteiger partial charge on any atom is -0.491 e. The van der Waals surface area contributed by atoms with Crippen LogP contribution in [0.25, 0.3) is 0 Å². The highest BCUT2D eigenvalue weighted by molar-refractivity contribution is 5.74. The fraction of sp³-hybridized carbons (Fsp3) is 0.632. The van der Waals surface area contributed by atoms with E-state index in [-0.39, 0.29) is 17.9 Å². The third-order valence-corrected chi connectivity index (χ3v) is 5.76. The molecule has 2 amide bonds. The first-order valence-electron chi connectivity index (χ1n) is 9.39. The SMILES string of the molecule is O=C(NC1COc2cc(F)ccc2C1)N1CCC(C2CCCN2)CC1. The summed E-state index contributed by atoms with van der Waals surface area (Å²) >= 11 is 0. The highest BCUT2D eigenvalue weighted by atomic mass is 19.1. The monoisotopic (exact) mass is 347 g/mol. The molecule has 2 N–H and O–H groups in total. The van der Waals surface area contributed by atoms with Crippen LogP contribution in [0.4, 0.5) is 9.18 Å². The van der Waals surface area contributed by atoms with Crippen LogP contribution in [0.15, 0.2) is 18.2 Å². The first-order chi connectivity index (χ1) is 12.2. The zero-order chi connectivity index (χ0) is 17.2. The largest absolute Gasteiger partial charge is 0.491 e. The van der Waals surface area contributed by atoms with Crippen LogP contribution >= 0.6 is 0 Å². The van der Waals surface area contributed by atoms with E-state index in [2.05, 4.69) is 10.6 Å². The maximum absolute atomic E-state index is 13.2. The Morgan fingerprint density at radius 3 is 2.88 bits per heavy atom. The van der Waals surface area contributed by atoms with Crippen LogP contribution in [0.5, 0.6) is 5.75 Å². The number of rotatable bonds is 2. The Morgan fingerprint density at radius 1 is 1.28 bits per heavy atom. The Morgan fingerprint density at radius 2 is 2.12 bits per heavy atom. The van der Waals surface area contributed by atoms with Gasteiger partial charge >= 0.3 is 6.03 Å². The van der Waals surface area contributed by atoms with Crippen molar-refractivity contribution in [2.75, 3.05) is 26.2 Å². The van der Waals surface area contributed by atoms with E-state index in [9.17, 15) is 9.18 Å². The highest BCUT2D eigenvalue weighted by Gasteiger charge is 2.31. The first-order valence-corrected chi connectivity index (χ1v) is 9.39. The number of benzene rings is 1. The van der Waals surface area contributed by atoms with E-state index in [1.54, 1.807) is 6.07 Å². The van der Waals surface area contributed by atoms with Gasteiger partial charge in [0.2, 0.25) is 0 Å². The molecule has 0 bridgehead atoms. The third kappa shape index (κ3) is 3.73. The molecule has 136 valence electrons. The number of fused-ring (bicyclic) bond motifs is 1. The molecule has 2 atom stereocenters. The molecular formula is C19H26FN3O2. The van der Waals surface area contributed by atoms with Crippen LogP contribution in [-0.2, 0) is 6.42 Å². The van der Waals surface area contributed by atoms with Crippen molar-refractivity contribution < 1.29 is 13.9 Å². The molecule has 25 heavy (non-hydrogen) atoms.